The van der Waals surface area contributed by atoms with Gasteiger partial charge in [0.2, 0.25) is 5.95 Å². The molecule has 1 aromatic heterocycles. The summed E-state index contributed by atoms with van der Waals surface area (Å²) in [5.41, 5.74) is 5.76. The summed E-state index contributed by atoms with van der Waals surface area (Å²) in [7, 11) is 1.81. The molecule has 2 saturated heterocycles. The highest BCUT2D eigenvalue weighted by atomic mass is 35.5. The van der Waals surface area contributed by atoms with Gasteiger partial charge in [-0.15, -0.1) is 24.8 Å². The molecule has 0 spiro atoms. The summed E-state index contributed by atoms with van der Waals surface area (Å²) in [5, 5.41) is 0. The monoisotopic (exact) mass is 451 g/mol. The fourth-order valence-electron chi connectivity index (χ4n) is 3.20. The Kier molecular flexibility index (Phi) is 10.6. The number of rotatable bonds is 7. The lowest BCUT2D eigenvalue weighted by Crippen LogP contribution is -2.40. The van der Waals surface area contributed by atoms with E-state index in [1.54, 1.807) is 17.3 Å². The normalized spacial score (nSPS) is 20.3. The van der Waals surface area contributed by atoms with Crippen LogP contribution in [0, 0.1) is 0 Å². The summed E-state index contributed by atoms with van der Waals surface area (Å²) in [4.78, 5) is 24.4. The standard InChI is InChI=1S/C18H26FN5O3.2ClH/c1-23-5-4-16(17(23)25)27-14-2-6-24(7-3-14)18-21-10-15(11-22-18)26-12-13(8-19)9-20;;/h8,10-11,14,16H,2-7,9,12,20H2,1H3;2*1H/b13-8+;;. The molecule has 1 amide bonds. The number of nitrogens with zero attached hydrogens (tertiary/aromatic N) is 4. The summed E-state index contributed by atoms with van der Waals surface area (Å²) >= 11 is 0. The number of halogens is 3. The lowest BCUT2D eigenvalue weighted by molar-refractivity contribution is -0.140. The largest absolute Gasteiger partial charge is 0.486 e. The molecule has 1 unspecified atom stereocenters. The van der Waals surface area contributed by atoms with Gasteiger partial charge < -0.3 is 25.0 Å². The minimum Gasteiger partial charge on any atom is -0.486 e. The molecule has 2 aliphatic heterocycles. The van der Waals surface area contributed by atoms with Crippen molar-refractivity contribution in [3.05, 3.63) is 24.3 Å². The SMILES string of the molecule is CN1CCC(OC2CCN(c3ncc(OC/C(=C/F)CN)cn3)CC2)C1=O.Cl.Cl. The number of hydrogen-bond acceptors (Lipinski definition) is 7. The number of anilines is 1. The van der Waals surface area contributed by atoms with E-state index in [1.807, 2.05) is 7.05 Å². The van der Waals surface area contributed by atoms with Crippen LogP contribution in [0.25, 0.3) is 0 Å². The summed E-state index contributed by atoms with van der Waals surface area (Å²) in [6.07, 6.45) is 5.83. The summed E-state index contributed by atoms with van der Waals surface area (Å²) < 4.78 is 23.9. The van der Waals surface area contributed by atoms with E-state index in [0.29, 0.717) is 23.6 Å². The first-order chi connectivity index (χ1) is 13.1. The first-order valence-electron chi connectivity index (χ1n) is 9.19. The van der Waals surface area contributed by atoms with Gasteiger partial charge in [0.25, 0.3) is 5.91 Å². The van der Waals surface area contributed by atoms with Crippen molar-refractivity contribution in [1.29, 1.82) is 0 Å². The summed E-state index contributed by atoms with van der Waals surface area (Å²) in [6, 6.07) is 0. The van der Waals surface area contributed by atoms with Gasteiger partial charge in [0.15, 0.2) is 5.75 Å². The van der Waals surface area contributed by atoms with Crippen molar-refractivity contribution in [3.63, 3.8) is 0 Å². The zero-order valence-corrected chi connectivity index (χ0v) is 18.0. The van der Waals surface area contributed by atoms with Gasteiger partial charge in [0.1, 0.15) is 12.7 Å². The first kappa shape index (κ1) is 25.4. The number of likely N-dealkylation sites (tertiary alicyclic amines) is 1. The van der Waals surface area contributed by atoms with Crippen LogP contribution in [-0.2, 0) is 9.53 Å². The first-order valence-corrected chi connectivity index (χ1v) is 9.19. The quantitative estimate of drug-likeness (QED) is 0.674. The van der Waals surface area contributed by atoms with Gasteiger partial charge in [-0.05, 0) is 12.8 Å². The van der Waals surface area contributed by atoms with Gasteiger partial charge in [-0.1, -0.05) is 0 Å². The van der Waals surface area contributed by atoms with E-state index in [1.165, 1.54) is 0 Å². The van der Waals surface area contributed by atoms with Crippen molar-refractivity contribution in [3.8, 4) is 5.75 Å². The lowest BCUT2D eigenvalue weighted by Gasteiger charge is -2.32. The number of piperidine rings is 1. The molecular formula is C18H28Cl2FN5O3. The third-order valence-corrected chi connectivity index (χ3v) is 4.92. The third kappa shape index (κ3) is 6.67. The number of carbonyl (C=O) groups is 1. The molecule has 1 atom stereocenters. The molecule has 164 valence electrons. The molecule has 2 fully saturated rings. The Balaban J connectivity index is 0.00000210. The van der Waals surface area contributed by atoms with Gasteiger partial charge in [0.05, 0.1) is 24.8 Å². The van der Waals surface area contributed by atoms with Crippen LogP contribution < -0.4 is 15.4 Å². The molecule has 3 heterocycles. The van der Waals surface area contributed by atoms with Crippen LogP contribution >= 0.6 is 24.8 Å². The third-order valence-electron chi connectivity index (χ3n) is 4.92. The molecule has 0 aliphatic carbocycles. The fraction of sp³-hybridized carbons (Fsp3) is 0.611. The number of aromatic nitrogens is 2. The van der Waals surface area contributed by atoms with Gasteiger partial charge in [-0.25, -0.2) is 14.4 Å². The topological polar surface area (TPSA) is 93.8 Å². The van der Waals surface area contributed by atoms with Crippen molar-refractivity contribution >= 4 is 36.7 Å². The van der Waals surface area contributed by atoms with Crippen molar-refractivity contribution in [2.24, 2.45) is 5.73 Å². The van der Waals surface area contributed by atoms with E-state index in [-0.39, 0.29) is 56.1 Å². The van der Waals surface area contributed by atoms with Gasteiger partial charge >= 0.3 is 0 Å². The molecule has 3 rings (SSSR count). The number of carbonyl (C=O) groups excluding carboxylic acids is 1. The molecule has 2 aliphatic rings. The van der Waals surface area contributed by atoms with E-state index in [4.69, 9.17) is 15.2 Å². The highest BCUT2D eigenvalue weighted by molar-refractivity contribution is 5.85. The van der Waals surface area contributed by atoms with Gasteiger partial charge in [-0.3, -0.25) is 4.79 Å². The van der Waals surface area contributed by atoms with E-state index >= 15 is 0 Å². The number of likely N-dealkylation sites (N-methyl/N-ethyl adjacent to an activating group) is 1. The molecule has 2 N–H and O–H groups in total. The predicted octanol–water partition coefficient (Wildman–Crippen LogP) is 1.73. The van der Waals surface area contributed by atoms with Crippen molar-refractivity contribution in [1.82, 2.24) is 14.9 Å². The highest BCUT2D eigenvalue weighted by Crippen LogP contribution is 2.23. The second kappa shape index (κ2) is 12.1. The second-order valence-corrected chi connectivity index (χ2v) is 6.84. The van der Waals surface area contributed by atoms with Crippen LogP contribution in [0.1, 0.15) is 19.3 Å². The molecule has 0 aromatic carbocycles. The Hall–Kier alpha value is -1.68. The Labute approximate surface area is 182 Å². The number of ether oxygens (including phenoxy) is 2. The average Bonchev–Trinajstić information content (AvgIpc) is 3.02. The Bertz CT molecular complexity index is 672. The summed E-state index contributed by atoms with van der Waals surface area (Å²) in [5.74, 6) is 1.17. The lowest BCUT2D eigenvalue weighted by atomic mass is 10.1. The van der Waals surface area contributed by atoms with Crippen LogP contribution in [0.2, 0.25) is 0 Å². The maximum absolute atomic E-state index is 12.5. The maximum Gasteiger partial charge on any atom is 0.251 e. The zero-order chi connectivity index (χ0) is 19.2. The van der Waals surface area contributed by atoms with Crippen LogP contribution in [0.5, 0.6) is 5.75 Å². The van der Waals surface area contributed by atoms with E-state index in [9.17, 15) is 9.18 Å². The Morgan fingerprint density at radius 2 is 1.90 bits per heavy atom. The van der Waals surface area contributed by atoms with E-state index in [2.05, 4.69) is 14.9 Å². The van der Waals surface area contributed by atoms with Crippen molar-refractivity contribution in [2.75, 3.05) is 44.7 Å². The van der Waals surface area contributed by atoms with Crippen molar-refractivity contribution in [2.45, 2.75) is 31.5 Å². The van der Waals surface area contributed by atoms with Gasteiger partial charge in [0, 0.05) is 45.2 Å². The maximum atomic E-state index is 12.5. The minimum absolute atomic E-state index is 0. The molecule has 0 saturated carbocycles. The summed E-state index contributed by atoms with van der Waals surface area (Å²) in [6.45, 7) is 2.48. The van der Waals surface area contributed by atoms with Gasteiger partial charge in [-0.2, -0.15) is 0 Å². The molecular weight excluding hydrogens is 424 g/mol. The van der Waals surface area contributed by atoms with Crippen LogP contribution in [0.4, 0.5) is 10.3 Å². The average molecular weight is 452 g/mol. The number of amides is 1. The molecule has 0 bridgehead atoms. The van der Waals surface area contributed by atoms with E-state index in [0.717, 1.165) is 38.9 Å². The van der Waals surface area contributed by atoms with Crippen LogP contribution in [0.3, 0.4) is 0 Å². The second-order valence-electron chi connectivity index (χ2n) is 6.84. The minimum atomic E-state index is -0.295. The number of hydrogen-bond donors (Lipinski definition) is 1. The molecule has 1 aromatic rings. The van der Waals surface area contributed by atoms with E-state index < -0.39 is 0 Å². The van der Waals surface area contributed by atoms with Crippen LogP contribution in [-0.4, -0.2) is 72.8 Å². The molecule has 29 heavy (non-hydrogen) atoms. The van der Waals surface area contributed by atoms with Crippen molar-refractivity contribution < 1.29 is 18.7 Å². The Morgan fingerprint density at radius 3 is 2.41 bits per heavy atom. The predicted molar refractivity (Wildman–Crippen MR) is 113 cm³/mol. The Morgan fingerprint density at radius 1 is 1.24 bits per heavy atom. The number of nitrogens with two attached hydrogens (primary N) is 1. The molecule has 8 nitrogen and oxygen atoms in total. The molecule has 0 radical (unpaired) electrons. The zero-order valence-electron chi connectivity index (χ0n) is 16.3. The highest BCUT2D eigenvalue weighted by Gasteiger charge is 2.33. The molecule has 11 heteroatoms. The smallest absolute Gasteiger partial charge is 0.251 e. The van der Waals surface area contributed by atoms with Crippen LogP contribution in [0.15, 0.2) is 24.3 Å². The fourth-order valence-corrected chi connectivity index (χ4v) is 3.20.